The van der Waals surface area contributed by atoms with Gasteiger partial charge in [-0.2, -0.15) is 0 Å². The Kier molecular flexibility index (Phi) is 5.28. The maximum atomic E-state index is 12.4. The van der Waals surface area contributed by atoms with E-state index in [0.29, 0.717) is 16.5 Å². The number of amides is 1. The Hall–Kier alpha value is -2.05. The summed E-state index contributed by atoms with van der Waals surface area (Å²) in [4.78, 5) is 12.4. The van der Waals surface area contributed by atoms with Crippen molar-refractivity contribution in [2.45, 2.75) is 11.8 Å². The molecular formula is C16H16ClNO4S. The lowest BCUT2D eigenvalue weighted by Crippen LogP contribution is -2.17. The minimum atomic E-state index is -3.49. The molecule has 1 N–H and O–H groups in total. The first-order chi connectivity index (χ1) is 10.9. The minimum Gasteiger partial charge on any atom is -0.495 e. The van der Waals surface area contributed by atoms with Crippen molar-refractivity contribution in [2.24, 2.45) is 0 Å². The summed E-state index contributed by atoms with van der Waals surface area (Å²) < 4.78 is 29.2. The van der Waals surface area contributed by atoms with E-state index < -0.39 is 15.7 Å². The van der Waals surface area contributed by atoms with Gasteiger partial charge in [0.05, 0.1) is 28.3 Å². The van der Waals surface area contributed by atoms with Crippen molar-refractivity contribution in [3.63, 3.8) is 0 Å². The molecule has 0 unspecified atom stereocenters. The number of sulfone groups is 1. The lowest BCUT2D eigenvalue weighted by atomic mass is 10.2. The Labute approximate surface area is 140 Å². The second-order valence-electron chi connectivity index (χ2n) is 4.70. The molecule has 0 aliphatic heterocycles. The fourth-order valence-electron chi connectivity index (χ4n) is 2.02. The zero-order chi connectivity index (χ0) is 17.0. The minimum absolute atomic E-state index is 0.0135. The molecule has 2 aromatic carbocycles. The fourth-order valence-corrected chi connectivity index (χ4v) is 3.37. The van der Waals surface area contributed by atoms with Crippen molar-refractivity contribution in [1.82, 2.24) is 0 Å². The second-order valence-corrected chi connectivity index (χ2v) is 7.36. The van der Waals surface area contributed by atoms with E-state index in [4.69, 9.17) is 16.3 Å². The number of anilines is 1. The topological polar surface area (TPSA) is 72.5 Å². The van der Waals surface area contributed by atoms with Gasteiger partial charge in [-0.3, -0.25) is 4.79 Å². The van der Waals surface area contributed by atoms with Gasteiger partial charge in [-0.15, -0.1) is 0 Å². The van der Waals surface area contributed by atoms with Crippen LogP contribution >= 0.6 is 11.6 Å². The smallest absolute Gasteiger partial charge is 0.256 e. The SMILES string of the molecule is CCS(=O)(=O)c1ccccc1C(=O)Nc1ccc(OC)c(Cl)c1. The van der Waals surface area contributed by atoms with Gasteiger partial charge >= 0.3 is 0 Å². The van der Waals surface area contributed by atoms with Crippen molar-refractivity contribution < 1.29 is 17.9 Å². The van der Waals surface area contributed by atoms with E-state index in [2.05, 4.69) is 5.32 Å². The van der Waals surface area contributed by atoms with E-state index in [0.717, 1.165) is 0 Å². The highest BCUT2D eigenvalue weighted by Crippen LogP contribution is 2.28. The summed E-state index contributed by atoms with van der Waals surface area (Å²) in [6, 6.07) is 10.9. The van der Waals surface area contributed by atoms with Crippen LogP contribution in [0.4, 0.5) is 5.69 Å². The van der Waals surface area contributed by atoms with Crippen LogP contribution in [0.1, 0.15) is 17.3 Å². The van der Waals surface area contributed by atoms with E-state index in [1.54, 1.807) is 24.3 Å². The Morgan fingerprint density at radius 2 is 1.91 bits per heavy atom. The largest absolute Gasteiger partial charge is 0.495 e. The molecule has 0 fully saturated rings. The molecule has 0 spiro atoms. The molecule has 0 saturated carbocycles. The lowest BCUT2D eigenvalue weighted by Gasteiger charge is -2.11. The summed E-state index contributed by atoms with van der Waals surface area (Å²) in [6.07, 6.45) is 0. The fraction of sp³-hybridized carbons (Fsp3) is 0.188. The average Bonchev–Trinajstić information content (AvgIpc) is 2.55. The molecule has 0 bridgehead atoms. The number of carbonyl (C=O) groups excluding carboxylic acids is 1. The summed E-state index contributed by atoms with van der Waals surface area (Å²) in [5.41, 5.74) is 0.547. The van der Waals surface area contributed by atoms with Crippen LogP contribution < -0.4 is 10.1 Å². The molecule has 2 aromatic rings. The zero-order valence-corrected chi connectivity index (χ0v) is 14.2. The molecule has 0 atom stereocenters. The van der Waals surface area contributed by atoms with Crippen LogP contribution in [-0.4, -0.2) is 27.2 Å². The predicted octanol–water partition coefficient (Wildman–Crippen LogP) is 3.39. The highest BCUT2D eigenvalue weighted by atomic mass is 35.5. The van der Waals surface area contributed by atoms with E-state index in [9.17, 15) is 13.2 Å². The maximum absolute atomic E-state index is 12.4. The first-order valence-electron chi connectivity index (χ1n) is 6.85. The molecular weight excluding hydrogens is 338 g/mol. The number of hydrogen-bond acceptors (Lipinski definition) is 4. The Morgan fingerprint density at radius 1 is 1.22 bits per heavy atom. The van der Waals surface area contributed by atoms with Gasteiger partial charge in [0.15, 0.2) is 9.84 Å². The van der Waals surface area contributed by atoms with Crippen LogP contribution in [-0.2, 0) is 9.84 Å². The Morgan fingerprint density at radius 3 is 2.52 bits per heavy atom. The van der Waals surface area contributed by atoms with Crippen LogP contribution in [0.2, 0.25) is 5.02 Å². The molecule has 0 aliphatic carbocycles. The number of nitrogens with one attached hydrogen (secondary N) is 1. The Balaban J connectivity index is 2.34. The zero-order valence-electron chi connectivity index (χ0n) is 12.7. The predicted molar refractivity (Wildman–Crippen MR) is 90.1 cm³/mol. The van der Waals surface area contributed by atoms with Gasteiger partial charge in [0.2, 0.25) is 0 Å². The van der Waals surface area contributed by atoms with Gasteiger partial charge in [0, 0.05) is 5.69 Å². The quantitative estimate of drug-likeness (QED) is 0.894. The van der Waals surface area contributed by atoms with Crippen LogP contribution in [0.15, 0.2) is 47.4 Å². The van der Waals surface area contributed by atoms with Gasteiger partial charge in [-0.05, 0) is 30.3 Å². The molecule has 7 heteroatoms. The second kappa shape index (κ2) is 7.02. The standard InChI is InChI=1S/C16H16ClNO4S/c1-3-23(20,21)15-7-5-4-6-12(15)16(19)18-11-8-9-14(22-2)13(17)10-11/h4-10H,3H2,1-2H3,(H,18,19). The average molecular weight is 354 g/mol. The molecule has 5 nitrogen and oxygen atoms in total. The number of hydrogen-bond donors (Lipinski definition) is 1. The number of benzene rings is 2. The van der Waals surface area contributed by atoms with E-state index in [1.165, 1.54) is 32.2 Å². The monoisotopic (exact) mass is 353 g/mol. The molecule has 0 aliphatic rings. The Bertz CT molecular complexity index is 834. The van der Waals surface area contributed by atoms with E-state index >= 15 is 0 Å². The number of halogens is 1. The normalized spacial score (nSPS) is 11.1. The van der Waals surface area contributed by atoms with Crippen LogP contribution in [0.3, 0.4) is 0 Å². The number of rotatable bonds is 5. The number of ether oxygens (including phenoxy) is 1. The summed E-state index contributed by atoms with van der Waals surface area (Å²) in [6.45, 7) is 1.53. The third-order valence-corrected chi connectivity index (χ3v) is 5.34. The highest BCUT2D eigenvalue weighted by Gasteiger charge is 2.20. The molecule has 0 aromatic heterocycles. The molecule has 2 rings (SSSR count). The molecule has 1 amide bonds. The summed E-state index contributed by atoms with van der Waals surface area (Å²) >= 11 is 6.01. The van der Waals surface area contributed by atoms with Gasteiger partial charge in [0.1, 0.15) is 5.75 Å². The first kappa shape index (κ1) is 17.3. The van der Waals surface area contributed by atoms with E-state index in [1.807, 2.05) is 0 Å². The number of carbonyl (C=O) groups is 1. The van der Waals surface area contributed by atoms with E-state index in [-0.39, 0.29) is 16.2 Å². The van der Waals surface area contributed by atoms with Gasteiger partial charge in [-0.1, -0.05) is 30.7 Å². The third kappa shape index (κ3) is 3.83. The molecule has 23 heavy (non-hydrogen) atoms. The molecule has 0 radical (unpaired) electrons. The van der Waals surface area contributed by atoms with Crippen LogP contribution in [0.25, 0.3) is 0 Å². The third-order valence-electron chi connectivity index (χ3n) is 3.26. The summed E-state index contributed by atoms with van der Waals surface area (Å²) in [5, 5.41) is 2.99. The van der Waals surface area contributed by atoms with Crippen molar-refractivity contribution >= 4 is 33.0 Å². The van der Waals surface area contributed by atoms with Crippen molar-refractivity contribution in [3.8, 4) is 5.75 Å². The van der Waals surface area contributed by atoms with Gasteiger partial charge < -0.3 is 10.1 Å². The summed E-state index contributed by atoms with van der Waals surface area (Å²) in [5.74, 6) is -0.108. The van der Waals surface area contributed by atoms with Gasteiger partial charge in [-0.25, -0.2) is 8.42 Å². The van der Waals surface area contributed by atoms with Crippen molar-refractivity contribution in [2.75, 3.05) is 18.2 Å². The van der Waals surface area contributed by atoms with Gasteiger partial charge in [0.25, 0.3) is 5.91 Å². The highest BCUT2D eigenvalue weighted by molar-refractivity contribution is 7.91. The number of methoxy groups -OCH3 is 1. The molecule has 0 saturated heterocycles. The maximum Gasteiger partial charge on any atom is 0.256 e. The van der Waals surface area contributed by atoms with Crippen LogP contribution in [0.5, 0.6) is 5.75 Å². The first-order valence-corrected chi connectivity index (χ1v) is 8.88. The van der Waals surface area contributed by atoms with Crippen molar-refractivity contribution in [1.29, 1.82) is 0 Å². The molecule has 122 valence electrons. The van der Waals surface area contributed by atoms with Crippen LogP contribution in [0, 0.1) is 0 Å². The lowest BCUT2D eigenvalue weighted by molar-refractivity contribution is 0.102. The molecule has 0 heterocycles. The van der Waals surface area contributed by atoms with Crippen molar-refractivity contribution in [3.05, 3.63) is 53.1 Å². The summed E-state index contributed by atoms with van der Waals surface area (Å²) in [7, 11) is -2.00.